The number of halogens is 3. The van der Waals surface area contributed by atoms with E-state index in [0.717, 1.165) is 36.1 Å². The maximum atomic E-state index is 13.7. The van der Waals surface area contributed by atoms with Crippen molar-refractivity contribution in [3.63, 3.8) is 0 Å². The minimum Gasteiger partial charge on any atom is -0.373 e. The van der Waals surface area contributed by atoms with Gasteiger partial charge in [-0.1, -0.05) is 6.42 Å². The van der Waals surface area contributed by atoms with Crippen molar-refractivity contribution in [3.8, 4) is 0 Å². The molecule has 2 aromatic carbocycles. The van der Waals surface area contributed by atoms with E-state index in [9.17, 15) is 32.1 Å². The van der Waals surface area contributed by atoms with Crippen molar-refractivity contribution in [2.75, 3.05) is 44.7 Å². The van der Waals surface area contributed by atoms with E-state index in [1.807, 2.05) is 11.9 Å². The third-order valence-corrected chi connectivity index (χ3v) is 9.73. The monoisotopic (exact) mass is 638 g/mol. The molecule has 43 heavy (non-hydrogen) atoms. The first-order valence-electron chi connectivity index (χ1n) is 13.8. The van der Waals surface area contributed by atoms with Crippen LogP contribution in [-0.2, 0) is 29.4 Å². The molecule has 0 unspecified atom stereocenters. The van der Waals surface area contributed by atoms with E-state index in [4.69, 9.17) is 0 Å². The van der Waals surface area contributed by atoms with Gasteiger partial charge in [-0.3, -0.25) is 20.0 Å². The Morgan fingerprint density at radius 2 is 1.79 bits per heavy atom. The number of hydrogen-bond acceptors (Lipinski definition) is 8. The number of hydrogen-bond donors (Lipinski definition) is 1. The molecule has 15 heteroatoms. The number of carbonyl (C=O) groups is 1. The predicted molar refractivity (Wildman–Crippen MR) is 158 cm³/mol. The number of nitro benzene ring substituents is 1. The van der Waals surface area contributed by atoms with Gasteiger partial charge >= 0.3 is 0 Å². The highest BCUT2D eigenvalue weighted by atomic mass is 35.5. The van der Waals surface area contributed by atoms with Gasteiger partial charge in [0.1, 0.15) is 11.6 Å². The summed E-state index contributed by atoms with van der Waals surface area (Å²) in [6.45, 7) is 3.50. The quantitative estimate of drug-likeness (QED) is 0.199. The zero-order chi connectivity index (χ0) is 30.0. The van der Waals surface area contributed by atoms with Gasteiger partial charge in [0, 0.05) is 68.7 Å². The van der Waals surface area contributed by atoms with Gasteiger partial charge in [-0.2, -0.15) is 9.40 Å². The number of rotatable bonds is 10. The molecule has 0 bridgehead atoms. The number of Topliss-reactive ketones (excluding diaryl/α,β-unsaturated/α-hetero) is 1. The summed E-state index contributed by atoms with van der Waals surface area (Å²) in [5.74, 6) is -2.56. The second-order valence-corrected chi connectivity index (χ2v) is 12.6. The minimum absolute atomic E-state index is 0. The lowest BCUT2D eigenvalue weighted by Crippen LogP contribution is -2.36. The molecular formula is C28H33ClF2N6O5S. The fourth-order valence-electron chi connectivity index (χ4n) is 5.50. The van der Waals surface area contributed by atoms with Crippen molar-refractivity contribution in [1.82, 2.24) is 19.4 Å². The number of benzene rings is 2. The lowest BCUT2D eigenvalue weighted by atomic mass is 9.99. The molecule has 1 fully saturated rings. The molecule has 1 N–H and O–H groups in total. The van der Waals surface area contributed by atoms with E-state index in [1.165, 1.54) is 31.4 Å². The van der Waals surface area contributed by atoms with Crippen molar-refractivity contribution in [2.45, 2.75) is 43.5 Å². The van der Waals surface area contributed by atoms with Gasteiger partial charge in [-0.05, 0) is 50.2 Å². The van der Waals surface area contributed by atoms with Crippen molar-refractivity contribution >= 4 is 39.6 Å². The van der Waals surface area contributed by atoms with Crippen molar-refractivity contribution in [3.05, 3.63) is 80.7 Å². The average Bonchev–Trinajstić information content (AvgIpc) is 3.37. The summed E-state index contributed by atoms with van der Waals surface area (Å²) in [4.78, 5) is 28.5. The van der Waals surface area contributed by atoms with Crippen LogP contribution in [0.3, 0.4) is 0 Å². The van der Waals surface area contributed by atoms with E-state index in [-0.39, 0.29) is 55.3 Å². The lowest BCUT2D eigenvalue weighted by molar-refractivity contribution is -0.385. The fourth-order valence-corrected chi connectivity index (χ4v) is 6.95. The molecule has 0 saturated carbocycles. The standard InChI is InChI=1S/C28H32F2N6O5S.ClH/c1-33(11-12-34-8-3-2-4-9-34)21-5-6-23(27(16-21)36(38)39)28(37)17-26-24-18-35(10-7-25(24)31-32-26)42(40,41)22-14-19(29)13-20(30)15-22;/h5-6,13-16H,2-4,7-12,17-18H2,1H3,(H,31,32);1H. The Kier molecular flexibility index (Phi) is 10.2. The largest absolute Gasteiger partial charge is 0.373 e. The third-order valence-electron chi connectivity index (χ3n) is 7.91. The second-order valence-electron chi connectivity index (χ2n) is 10.7. The number of nitro groups is 1. The third kappa shape index (κ3) is 7.20. The number of likely N-dealkylation sites (N-methyl/N-ethyl adjacent to an activating group) is 1. The molecule has 232 valence electrons. The van der Waals surface area contributed by atoms with Crippen LogP contribution in [0, 0.1) is 21.7 Å². The SMILES string of the molecule is CN(CCN1CCCCC1)c1ccc(C(=O)Cc2n[nH]c3c2CN(S(=O)(=O)c2cc(F)cc(F)c2)CC3)c([N+](=O)[O-])c1.Cl. The number of sulfonamides is 1. The number of piperidine rings is 1. The van der Waals surface area contributed by atoms with Crippen molar-refractivity contribution < 1.29 is 26.9 Å². The number of anilines is 1. The molecule has 3 heterocycles. The average molecular weight is 639 g/mol. The minimum atomic E-state index is -4.24. The summed E-state index contributed by atoms with van der Waals surface area (Å²) in [6.07, 6.45) is 3.53. The Balaban J connectivity index is 0.00000423. The molecule has 2 aliphatic rings. The summed E-state index contributed by atoms with van der Waals surface area (Å²) in [5.41, 5.74) is 1.60. The number of fused-ring (bicyclic) bond motifs is 1. The summed E-state index contributed by atoms with van der Waals surface area (Å²) in [6, 6.07) is 6.62. The van der Waals surface area contributed by atoms with Crippen LogP contribution < -0.4 is 4.90 Å². The molecular weight excluding hydrogens is 606 g/mol. The first-order chi connectivity index (χ1) is 20.0. The highest BCUT2D eigenvalue weighted by molar-refractivity contribution is 7.89. The fraction of sp³-hybridized carbons (Fsp3) is 0.429. The number of ketones is 1. The number of likely N-dealkylation sites (tertiary alicyclic amines) is 1. The summed E-state index contributed by atoms with van der Waals surface area (Å²) < 4.78 is 54.8. The Morgan fingerprint density at radius 3 is 2.47 bits per heavy atom. The zero-order valence-electron chi connectivity index (χ0n) is 23.6. The molecule has 0 amide bonds. The van der Waals surface area contributed by atoms with Crippen LogP contribution in [0.2, 0.25) is 0 Å². The first kappa shape index (κ1) is 32.5. The van der Waals surface area contributed by atoms with Crippen LogP contribution in [0.25, 0.3) is 0 Å². The predicted octanol–water partition coefficient (Wildman–Crippen LogP) is 4.11. The Bertz CT molecular complexity index is 1590. The van der Waals surface area contributed by atoms with Gasteiger partial charge in [0.25, 0.3) is 5.69 Å². The topological polar surface area (TPSA) is 133 Å². The van der Waals surface area contributed by atoms with E-state index >= 15 is 0 Å². The van der Waals surface area contributed by atoms with Crippen LogP contribution in [0.15, 0.2) is 41.3 Å². The molecule has 0 radical (unpaired) electrons. The van der Waals surface area contributed by atoms with Crippen LogP contribution in [-0.4, -0.2) is 78.3 Å². The number of carbonyl (C=O) groups excluding carboxylic acids is 1. The molecule has 0 atom stereocenters. The number of H-pyrrole nitrogens is 1. The molecule has 5 rings (SSSR count). The Hall–Kier alpha value is -3.46. The van der Waals surface area contributed by atoms with Crippen LogP contribution in [0.5, 0.6) is 0 Å². The summed E-state index contributed by atoms with van der Waals surface area (Å²) in [5, 5.41) is 19.0. The maximum absolute atomic E-state index is 13.7. The maximum Gasteiger partial charge on any atom is 0.282 e. The van der Waals surface area contributed by atoms with Crippen LogP contribution in [0.4, 0.5) is 20.2 Å². The van der Waals surface area contributed by atoms with Crippen LogP contribution >= 0.6 is 12.4 Å². The zero-order valence-corrected chi connectivity index (χ0v) is 25.2. The molecule has 0 aliphatic carbocycles. The van der Waals surface area contributed by atoms with Crippen LogP contribution in [0.1, 0.15) is 46.6 Å². The number of aromatic amines is 1. The number of nitrogens with zero attached hydrogens (tertiary/aromatic N) is 5. The van der Waals surface area contributed by atoms with E-state index in [1.54, 1.807) is 6.07 Å². The van der Waals surface area contributed by atoms with Crippen molar-refractivity contribution in [2.24, 2.45) is 0 Å². The molecule has 0 spiro atoms. The first-order valence-corrected chi connectivity index (χ1v) is 15.2. The smallest absolute Gasteiger partial charge is 0.282 e. The van der Waals surface area contributed by atoms with Gasteiger partial charge < -0.3 is 9.80 Å². The second kappa shape index (κ2) is 13.5. The van der Waals surface area contributed by atoms with Gasteiger partial charge in [-0.15, -0.1) is 12.4 Å². The van der Waals surface area contributed by atoms with Gasteiger partial charge in [0.2, 0.25) is 10.0 Å². The number of aromatic nitrogens is 2. The van der Waals surface area contributed by atoms with Gasteiger partial charge in [-0.25, -0.2) is 17.2 Å². The normalized spacial score (nSPS) is 15.9. The van der Waals surface area contributed by atoms with Gasteiger partial charge in [0.15, 0.2) is 5.78 Å². The molecule has 2 aliphatic heterocycles. The van der Waals surface area contributed by atoms with Crippen molar-refractivity contribution in [1.29, 1.82) is 0 Å². The Morgan fingerprint density at radius 1 is 1.09 bits per heavy atom. The summed E-state index contributed by atoms with van der Waals surface area (Å²) >= 11 is 0. The molecule has 1 aromatic heterocycles. The van der Waals surface area contributed by atoms with Gasteiger partial charge in [0.05, 0.1) is 27.5 Å². The highest BCUT2D eigenvalue weighted by Gasteiger charge is 2.33. The van der Waals surface area contributed by atoms with E-state index in [0.29, 0.717) is 29.6 Å². The molecule has 1 saturated heterocycles. The van der Waals surface area contributed by atoms with E-state index in [2.05, 4.69) is 15.1 Å². The van der Waals surface area contributed by atoms with E-state index < -0.39 is 37.3 Å². The lowest BCUT2D eigenvalue weighted by Gasteiger charge is -2.29. The molecule has 3 aromatic rings. The Labute approximate surface area is 254 Å². The molecule has 11 nitrogen and oxygen atoms in total. The summed E-state index contributed by atoms with van der Waals surface area (Å²) in [7, 11) is -2.38. The number of nitrogens with one attached hydrogen (secondary N) is 1. The highest BCUT2D eigenvalue weighted by Crippen LogP contribution is 2.30.